The van der Waals surface area contributed by atoms with Gasteiger partial charge in [0, 0.05) is 65.2 Å². The van der Waals surface area contributed by atoms with Gasteiger partial charge in [-0.15, -0.1) is 24.0 Å². The molecule has 2 saturated heterocycles. The lowest BCUT2D eigenvalue weighted by molar-refractivity contribution is -0.0174. The fourth-order valence-electron chi connectivity index (χ4n) is 3.52. The van der Waals surface area contributed by atoms with Crippen LogP contribution in [0.2, 0.25) is 0 Å². The maximum Gasteiger partial charge on any atom is 0.191 e. The molecule has 0 bridgehead atoms. The molecule has 2 fully saturated rings. The molecule has 0 amide bonds. The van der Waals surface area contributed by atoms with Gasteiger partial charge in [0.15, 0.2) is 5.96 Å². The Balaban J connectivity index is 0.00000364. The quantitative estimate of drug-likeness (QED) is 0.219. The zero-order valence-corrected chi connectivity index (χ0v) is 19.6. The maximum atomic E-state index is 5.80. The van der Waals surface area contributed by atoms with E-state index in [0.717, 1.165) is 84.5 Å². The number of morpholine rings is 1. The van der Waals surface area contributed by atoms with E-state index in [1.807, 2.05) is 7.05 Å². The Morgan fingerprint density at radius 1 is 1.22 bits per heavy atom. The van der Waals surface area contributed by atoms with Gasteiger partial charge in [0.25, 0.3) is 0 Å². The van der Waals surface area contributed by atoms with Crippen LogP contribution in [0.4, 0.5) is 0 Å². The van der Waals surface area contributed by atoms with E-state index >= 15 is 0 Å². The molecule has 0 radical (unpaired) electrons. The van der Waals surface area contributed by atoms with E-state index in [1.54, 1.807) is 0 Å². The van der Waals surface area contributed by atoms with Crippen LogP contribution >= 0.6 is 24.0 Å². The highest BCUT2D eigenvalue weighted by molar-refractivity contribution is 14.0. The molecular formula is C19H39IN4O3. The van der Waals surface area contributed by atoms with Gasteiger partial charge in [-0.1, -0.05) is 0 Å². The van der Waals surface area contributed by atoms with Gasteiger partial charge in [0.05, 0.1) is 13.2 Å². The van der Waals surface area contributed by atoms with Crippen LogP contribution in [0.25, 0.3) is 0 Å². The molecular weight excluding hydrogens is 459 g/mol. The third-order valence-corrected chi connectivity index (χ3v) is 5.23. The van der Waals surface area contributed by atoms with Crippen molar-refractivity contribution in [1.29, 1.82) is 0 Å². The Bertz CT molecular complexity index is 408. The standard InChI is InChI=1S/C19H38N4O3.HI/c1-16(23-8-12-26-14-17(23)2)13-22-19(20-3)21-7-4-9-25-15-18-5-10-24-11-6-18;/h16-18H,4-15H2,1-3H3,(H2,20,21,22);1H. The average molecular weight is 498 g/mol. The number of rotatable bonds is 9. The Hall–Kier alpha value is -0.160. The second-order valence-corrected chi connectivity index (χ2v) is 7.37. The Kier molecular flexibility index (Phi) is 13.6. The van der Waals surface area contributed by atoms with Gasteiger partial charge in [-0.3, -0.25) is 9.89 Å². The second-order valence-electron chi connectivity index (χ2n) is 7.37. The summed E-state index contributed by atoms with van der Waals surface area (Å²) in [6, 6.07) is 0.929. The van der Waals surface area contributed by atoms with Crippen molar-refractivity contribution in [2.45, 2.75) is 45.2 Å². The summed E-state index contributed by atoms with van der Waals surface area (Å²) in [5, 5.41) is 6.80. The number of halogens is 1. The number of guanidine groups is 1. The summed E-state index contributed by atoms with van der Waals surface area (Å²) in [7, 11) is 1.82. The monoisotopic (exact) mass is 498 g/mol. The van der Waals surface area contributed by atoms with Crippen molar-refractivity contribution in [3.8, 4) is 0 Å². The van der Waals surface area contributed by atoms with Crippen LogP contribution in [0, 0.1) is 5.92 Å². The van der Waals surface area contributed by atoms with Crippen LogP contribution in [0.3, 0.4) is 0 Å². The number of nitrogens with zero attached hydrogens (tertiary/aromatic N) is 2. The van der Waals surface area contributed by atoms with Crippen LogP contribution in [0.1, 0.15) is 33.1 Å². The average Bonchev–Trinajstić information content (AvgIpc) is 2.67. The molecule has 2 aliphatic heterocycles. The number of hydrogen-bond donors (Lipinski definition) is 2. The van der Waals surface area contributed by atoms with E-state index in [2.05, 4.69) is 34.4 Å². The van der Waals surface area contributed by atoms with Crippen molar-refractivity contribution in [1.82, 2.24) is 15.5 Å². The molecule has 0 aromatic heterocycles. The van der Waals surface area contributed by atoms with Crippen LogP contribution in [-0.2, 0) is 14.2 Å². The summed E-state index contributed by atoms with van der Waals surface area (Å²) in [5.41, 5.74) is 0. The SMILES string of the molecule is CN=C(NCCCOCC1CCOCC1)NCC(C)N1CCOCC1C.I. The molecule has 2 aliphatic rings. The number of nitrogens with one attached hydrogen (secondary N) is 2. The van der Waals surface area contributed by atoms with E-state index in [4.69, 9.17) is 14.2 Å². The molecule has 2 N–H and O–H groups in total. The molecule has 2 atom stereocenters. The van der Waals surface area contributed by atoms with Gasteiger partial charge in [0.1, 0.15) is 0 Å². The van der Waals surface area contributed by atoms with Crippen molar-refractivity contribution in [2.24, 2.45) is 10.9 Å². The molecule has 0 spiro atoms. The Morgan fingerprint density at radius 2 is 2.00 bits per heavy atom. The molecule has 0 aromatic rings. The van der Waals surface area contributed by atoms with E-state index in [0.29, 0.717) is 18.0 Å². The van der Waals surface area contributed by atoms with Crippen molar-refractivity contribution in [3.05, 3.63) is 0 Å². The summed E-state index contributed by atoms with van der Waals surface area (Å²) in [6.45, 7) is 12.3. The van der Waals surface area contributed by atoms with E-state index in [1.165, 1.54) is 0 Å². The van der Waals surface area contributed by atoms with Gasteiger partial charge in [-0.2, -0.15) is 0 Å². The minimum atomic E-state index is 0. The summed E-state index contributed by atoms with van der Waals surface area (Å²) in [6.07, 6.45) is 3.25. The molecule has 2 heterocycles. The fraction of sp³-hybridized carbons (Fsp3) is 0.947. The van der Waals surface area contributed by atoms with Crippen LogP contribution in [0.5, 0.6) is 0 Å². The minimum Gasteiger partial charge on any atom is -0.381 e. The zero-order chi connectivity index (χ0) is 18.6. The second kappa shape index (κ2) is 14.8. The predicted octanol–water partition coefficient (Wildman–Crippen LogP) is 1.71. The Morgan fingerprint density at radius 3 is 2.70 bits per heavy atom. The molecule has 160 valence electrons. The van der Waals surface area contributed by atoms with Gasteiger partial charge >= 0.3 is 0 Å². The molecule has 27 heavy (non-hydrogen) atoms. The van der Waals surface area contributed by atoms with Crippen molar-refractivity contribution in [3.63, 3.8) is 0 Å². The summed E-state index contributed by atoms with van der Waals surface area (Å²) in [5.74, 6) is 1.54. The lowest BCUT2D eigenvalue weighted by Crippen LogP contribution is -2.53. The molecule has 0 saturated carbocycles. The predicted molar refractivity (Wildman–Crippen MR) is 120 cm³/mol. The highest BCUT2D eigenvalue weighted by Crippen LogP contribution is 2.14. The first kappa shape index (κ1) is 24.9. The summed E-state index contributed by atoms with van der Waals surface area (Å²) >= 11 is 0. The first-order valence-electron chi connectivity index (χ1n) is 10.1. The highest BCUT2D eigenvalue weighted by atomic mass is 127. The first-order chi connectivity index (χ1) is 12.7. The van der Waals surface area contributed by atoms with E-state index < -0.39 is 0 Å². The number of hydrogen-bond acceptors (Lipinski definition) is 5. The normalized spacial score (nSPS) is 23.5. The maximum absolute atomic E-state index is 5.80. The topological polar surface area (TPSA) is 67.4 Å². The molecule has 8 heteroatoms. The summed E-state index contributed by atoms with van der Waals surface area (Å²) < 4.78 is 16.7. The first-order valence-corrected chi connectivity index (χ1v) is 10.1. The third-order valence-electron chi connectivity index (χ3n) is 5.23. The lowest BCUT2D eigenvalue weighted by Gasteiger charge is -2.38. The number of ether oxygens (including phenoxy) is 3. The molecule has 0 aromatic carbocycles. The fourth-order valence-corrected chi connectivity index (χ4v) is 3.52. The van der Waals surface area contributed by atoms with Gasteiger partial charge in [-0.25, -0.2) is 0 Å². The van der Waals surface area contributed by atoms with Crippen LogP contribution in [-0.4, -0.2) is 89.3 Å². The molecule has 2 rings (SSSR count). The summed E-state index contributed by atoms with van der Waals surface area (Å²) in [4.78, 5) is 6.81. The smallest absolute Gasteiger partial charge is 0.191 e. The zero-order valence-electron chi connectivity index (χ0n) is 17.2. The minimum absolute atomic E-state index is 0. The van der Waals surface area contributed by atoms with Crippen molar-refractivity contribution in [2.75, 3.05) is 66.3 Å². The van der Waals surface area contributed by atoms with E-state index in [-0.39, 0.29) is 24.0 Å². The molecule has 2 unspecified atom stereocenters. The van der Waals surface area contributed by atoms with E-state index in [9.17, 15) is 0 Å². The number of aliphatic imine (C=N–C) groups is 1. The van der Waals surface area contributed by atoms with Crippen LogP contribution in [0.15, 0.2) is 4.99 Å². The lowest BCUT2D eigenvalue weighted by atomic mass is 10.0. The largest absolute Gasteiger partial charge is 0.381 e. The van der Waals surface area contributed by atoms with Crippen molar-refractivity contribution < 1.29 is 14.2 Å². The van der Waals surface area contributed by atoms with Crippen molar-refractivity contribution >= 4 is 29.9 Å². The molecule has 7 nitrogen and oxygen atoms in total. The molecule has 0 aliphatic carbocycles. The van der Waals surface area contributed by atoms with Gasteiger partial charge in [-0.05, 0) is 39.0 Å². The highest BCUT2D eigenvalue weighted by Gasteiger charge is 2.23. The third kappa shape index (κ3) is 9.74. The van der Waals surface area contributed by atoms with Gasteiger partial charge < -0.3 is 24.8 Å². The van der Waals surface area contributed by atoms with Gasteiger partial charge in [0.2, 0.25) is 0 Å². The Labute approximate surface area is 182 Å². The van der Waals surface area contributed by atoms with Crippen LogP contribution < -0.4 is 10.6 Å².